The minimum Gasteiger partial charge on any atom is -0.367 e. The van der Waals surface area contributed by atoms with E-state index in [0.717, 1.165) is 12.1 Å². The van der Waals surface area contributed by atoms with Crippen molar-refractivity contribution in [2.24, 2.45) is 0 Å². The van der Waals surface area contributed by atoms with Gasteiger partial charge in [0.05, 0.1) is 5.56 Å². The van der Waals surface area contributed by atoms with Gasteiger partial charge in [-0.1, -0.05) is 23.7 Å². The molecule has 0 amide bonds. The number of aromatic nitrogens is 3. The van der Waals surface area contributed by atoms with Crippen LogP contribution in [0.15, 0.2) is 48.5 Å². The zero-order valence-corrected chi connectivity index (χ0v) is 14.4. The number of hydrogen-bond acceptors (Lipinski definition) is 4. The van der Waals surface area contributed by atoms with Gasteiger partial charge in [-0.15, -0.1) is 10.2 Å². The Kier molecular flexibility index (Phi) is 5.08. The van der Waals surface area contributed by atoms with Crippen LogP contribution in [0.2, 0.25) is 5.02 Å². The molecule has 8 heteroatoms. The summed E-state index contributed by atoms with van der Waals surface area (Å²) >= 11 is 5.88. The molecule has 0 fully saturated rings. The highest BCUT2D eigenvalue weighted by Gasteiger charge is 2.30. The molecule has 134 valence electrons. The minimum atomic E-state index is -4.44. The first-order valence-electron chi connectivity index (χ1n) is 7.80. The van der Waals surface area contributed by atoms with E-state index in [4.69, 9.17) is 11.6 Å². The van der Waals surface area contributed by atoms with Gasteiger partial charge in [-0.05, 0) is 43.3 Å². The SMILES string of the molecule is CCNc1nnc(-c2ccc(Cl)cc2)nc1-c1cccc(C(F)(F)F)c1. The lowest BCUT2D eigenvalue weighted by Gasteiger charge is -2.12. The monoisotopic (exact) mass is 378 g/mol. The van der Waals surface area contributed by atoms with E-state index in [-0.39, 0.29) is 0 Å². The van der Waals surface area contributed by atoms with E-state index in [2.05, 4.69) is 20.5 Å². The molecule has 3 aromatic rings. The molecular formula is C18H14ClF3N4. The van der Waals surface area contributed by atoms with Crippen LogP contribution in [-0.4, -0.2) is 21.7 Å². The maximum Gasteiger partial charge on any atom is 0.416 e. The number of benzene rings is 2. The second-order valence-electron chi connectivity index (χ2n) is 5.45. The highest BCUT2D eigenvalue weighted by molar-refractivity contribution is 6.30. The van der Waals surface area contributed by atoms with Gasteiger partial charge in [-0.2, -0.15) is 13.2 Å². The number of nitrogens with one attached hydrogen (secondary N) is 1. The number of anilines is 1. The Morgan fingerprint density at radius 1 is 1.00 bits per heavy atom. The summed E-state index contributed by atoms with van der Waals surface area (Å²) in [6.45, 7) is 2.38. The molecule has 0 radical (unpaired) electrons. The van der Waals surface area contributed by atoms with Crippen molar-refractivity contribution in [1.82, 2.24) is 15.2 Å². The average Bonchev–Trinajstić information content (AvgIpc) is 2.62. The fourth-order valence-electron chi connectivity index (χ4n) is 2.38. The van der Waals surface area contributed by atoms with Crippen LogP contribution in [-0.2, 0) is 6.18 Å². The summed E-state index contributed by atoms with van der Waals surface area (Å²) in [6.07, 6.45) is -4.44. The summed E-state index contributed by atoms with van der Waals surface area (Å²) in [5.41, 5.74) is 0.529. The molecule has 0 saturated heterocycles. The van der Waals surface area contributed by atoms with Crippen molar-refractivity contribution >= 4 is 17.4 Å². The summed E-state index contributed by atoms with van der Waals surface area (Å²) in [5.74, 6) is 0.625. The van der Waals surface area contributed by atoms with Gasteiger partial charge in [0, 0.05) is 22.7 Å². The Morgan fingerprint density at radius 2 is 1.73 bits per heavy atom. The lowest BCUT2D eigenvalue weighted by Crippen LogP contribution is -2.08. The van der Waals surface area contributed by atoms with Gasteiger partial charge in [0.1, 0.15) is 5.69 Å². The molecule has 0 atom stereocenters. The van der Waals surface area contributed by atoms with Gasteiger partial charge >= 0.3 is 6.18 Å². The third-order valence-electron chi connectivity index (χ3n) is 3.60. The zero-order valence-electron chi connectivity index (χ0n) is 13.7. The van der Waals surface area contributed by atoms with Crippen molar-refractivity contribution in [2.45, 2.75) is 13.1 Å². The smallest absolute Gasteiger partial charge is 0.367 e. The van der Waals surface area contributed by atoms with Crippen LogP contribution in [0.1, 0.15) is 12.5 Å². The molecule has 3 rings (SSSR count). The van der Waals surface area contributed by atoms with Crippen LogP contribution in [0.25, 0.3) is 22.6 Å². The Balaban J connectivity index is 2.12. The lowest BCUT2D eigenvalue weighted by molar-refractivity contribution is -0.137. The van der Waals surface area contributed by atoms with Crippen LogP contribution < -0.4 is 5.32 Å². The van der Waals surface area contributed by atoms with Crippen LogP contribution in [0.5, 0.6) is 0 Å². The number of halogens is 4. The van der Waals surface area contributed by atoms with Crippen molar-refractivity contribution < 1.29 is 13.2 Å². The van der Waals surface area contributed by atoms with E-state index >= 15 is 0 Å². The summed E-state index contributed by atoms with van der Waals surface area (Å²) in [6, 6.07) is 11.8. The Labute approximate surface area is 153 Å². The maximum atomic E-state index is 13.0. The third kappa shape index (κ3) is 3.94. The molecule has 1 N–H and O–H groups in total. The molecule has 0 bridgehead atoms. The van der Waals surface area contributed by atoms with Gasteiger partial charge in [-0.3, -0.25) is 0 Å². The molecule has 0 unspecified atom stereocenters. The van der Waals surface area contributed by atoms with Crippen molar-refractivity contribution in [2.75, 3.05) is 11.9 Å². The quantitative estimate of drug-likeness (QED) is 0.668. The molecule has 4 nitrogen and oxygen atoms in total. The van der Waals surface area contributed by atoms with E-state index in [9.17, 15) is 13.2 Å². The van der Waals surface area contributed by atoms with E-state index in [0.29, 0.717) is 40.0 Å². The van der Waals surface area contributed by atoms with Crippen LogP contribution >= 0.6 is 11.6 Å². The Morgan fingerprint density at radius 3 is 2.38 bits per heavy atom. The van der Waals surface area contributed by atoms with Crippen molar-refractivity contribution in [3.05, 3.63) is 59.1 Å². The molecule has 1 heterocycles. The first-order valence-corrected chi connectivity index (χ1v) is 8.18. The average molecular weight is 379 g/mol. The van der Waals surface area contributed by atoms with Crippen LogP contribution in [0.4, 0.5) is 19.0 Å². The second kappa shape index (κ2) is 7.29. The largest absolute Gasteiger partial charge is 0.416 e. The lowest BCUT2D eigenvalue weighted by atomic mass is 10.1. The fraction of sp³-hybridized carbons (Fsp3) is 0.167. The van der Waals surface area contributed by atoms with Crippen molar-refractivity contribution in [3.63, 3.8) is 0 Å². The number of nitrogens with zero attached hydrogens (tertiary/aromatic N) is 3. The van der Waals surface area contributed by atoms with Gasteiger partial charge in [0.15, 0.2) is 11.6 Å². The standard InChI is InChI=1S/C18H14ClF3N4/c1-2-23-17-15(12-4-3-5-13(10-12)18(20,21)22)24-16(25-26-17)11-6-8-14(19)9-7-11/h3-10H,2H2,1H3,(H,23,26). The molecule has 26 heavy (non-hydrogen) atoms. The number of hydrogen-bond donors (Lipinski definition) is 1. The molecule has 0 aliphatic rings. The van der Waals surface area contributed by atoms with Crippen molar-refractivity contribution in [1.29, 1.82) is 0 Å². The van der Waals surface area contributed by atoms with E-state index in [1.165, 1.54) is 6.07 Å². The fourth-order valence-corrected chi connectivity index (χ4v) is 2.50. The number of rotatable bonds is 4. The molecule has 0 spiro atoms. The van der Waals surface area contributed by atoms with Gasteiger partial charge in [-0.25, -0.2) is 4.98 Å². The summed E-state index contributed by atoms with van der Waals surface area (Å²) in [7, 11) is 0. The molecule has 0 aliphatic carbocycles. The Bertz CT molecular complexity index is 911. The topological polar surface area (TPSA) is 50.7 Å². The van der Waals surface area contributed by atoms with Crippen LogP contribution in [0, 0.1) is 0 Å². The number of alkyl halides is 3. The Hall–Kier alpha value is -2.67. The molecular weight excluding hydrogens is 365 g/mol. The molecule has 0 aliphatic heterocycles. The first kappa shape index (κ1) is 18.1. The van der Waals surface area contributed by atoms with E-state index < -0.39 is 11.7 Å². The van der Waals surface area contributed by atoms with Crippen LogP contribution in [0.3, 0.4) is 0 Å². The highest BCUT2D eigenvalue weighted by atomic mass is 35.5. The van der Waals surface area contributed by atoms with E-state index in [1.54, 1.807) is 30.3 Å². The van der Waals surface area contributed by atoms with Gasteiger partial charge < -0.3 is 5.32 Å². The van der Waals surface area contributed by atoms with Gasteiger partial charge in [0.25, 0.3) is 0 Å². The highest BCUT2D eigenvalue weighted by Crippen LogP contribution is 2.33. The normalized spacial score (nSPS) is 11.4. The first-order chi connectivity index (χ1) is 12.4. The summed E-state index contributed by atoms with van der Waals surface area (Å²) < 4.78 is 39.1. The molecule has 2 aromatic carbocycles. The van der Waals surface area contributed by atoms with Crippen molar-refractivity contribution in [3.8, 4) is 22.6 Å². The summed E-state index contributed by atoms with van der Waals surface area (Å²) in [4.78, 5) is 4.44. The van der Waals surface area contributed by atoms with E-state index in [1.807, 2.05) is 6.92 Å². The molecule has 0 saturated carbocycles. The third-order valence-corrected chi connectivity index (χ3v) is 3.85. The summed E-state index contributed by atoms with van der Waals surface area (Å²) in [5, 5.41) is 11.7. The molecule has 1 aromatic heterocycles. The predicted molar refractivity (Wildman–Crippen MR) is 94.9 cm³/mol. The maximum absolute atomic E-state index is 13.0. The minimum absolute atomic E-state index is 0.302. The predicted octanol–water partition coefficient (Wildman–Crippen LogP) is 5.31. The van der Waals surface area contributed by atoms with Gasteiger partial charge in [0.2, 0.25) is 0 Å². The second-order valence-corrected chi connectivity index (χ2v) is 5.88. The zero-order chi connectivity index (χ0) is 18.7.